The van der Waals surface area contributed by atoms with Crippen molar-refractivity contribution in [2.45, 2.75) is 13.8 Å². The molecular weight excluding hydrogens is 697 g/mol. The van der Waals surface area contributed by atoms with Gasteiger partial charge in [-0.2, -0.15) is 31.3 Å². The maximum absolute atomic E-state index is 9.98. The van der Waals surface area contributed by atoms with Crippen LogP contribution in [0.2, 0.25) is 0 Å². The number of fused-ring (bicyclic) bond motifs is 2. The van der Waals surface area contributed by atoms with Crippen molar-refractivity contribution in [1.29, 1.82) is 21.0 Å². The van der Waals surface area contributed by atoms with E-state index in [-0.39, 0.29) is 22.6 Å². The third kappa shape index (κ3) is 9.91. The fourth-order valence-corrected chi connectivity index (χ4v) is 5.25. The van der Waals surface area contributed by atoms with E-state index < -0.39 is 0 Å². The van der Waals surface area contributed by atoms with Gasteiger partial charge in [-0.25, -0.2) is 0 Å². The van der Waals surface area contributed by atoms with Crippen LogP contribution in [0.5, 0.6) is 11.5 Å². The molecule has 10 heteroatoms. The largest absolute Gasteiger partial charge is 0.506 e. The molecule has 0 atom stereocenters. The first kappa shape index (κ1) is 38.8. The van der Waals surface area contributed by atoms with Gasteiger partial charge < -0.3 is 10.2 Å². The lowest BCUT2D eigenvalue weighted by Gasteiger charge is -2.03. The Morgan fingerprint density at radius 2 is 0.750 bits per heavy atom. The van der Waals surface area contributed by atoms with Crippen molar-refractivity contribution in [3.63, 3.8) is 0 Å². The van der Waals surface area contributed by atoms with E-state index >= 15 is 0 Å². The van der Waals surface area contributed by atoms with Gasteiger partial charge in [0.25, 0.3) is 0 Å². The molecule has 56 heavy (non-hydrogen) atoms. The lowest BCUT2D eigenvalue weighted by Crippen LogP contribution is -2.11. The summed E-state index contributed by atoms with van der Waals surface area (Å²) in [5, 5.41) is 76.1. The molecule has 7 aromatic rings. The van der Waals surface area contributed by atoms with Crippen LogP contribution < -0.4 is 10.4 Å². The summed E-state index contributed by atoms with van der Waals surface area (Å²) in [4.78, 5) is 0. The molecule has 0 aliphatic heterocycles. The average Bonchev–Trinajstić information content (AvgIpc) is 3.23. The van der Waals surface area contributed by atoms with Crippen LogP contribution in [-0.2, 0) is 0 Å². The second-order valence-corrected chi connectivity index (χ2v) is 12.2. The molecular formula is C46H32N8O2. The second-order valence-electron chi connectivity index (χ2n) is 12.2. The lowest BCUT2D eigenvalue weighted by atomic mass is 10.1. The van der Waals surface area contributed by atoms with Gasteiger partial charge in [0.15, 0.2) is 0 Å². The van der Waals surface area contributed by atoms with E-state index in [1.54, 1.807) is 36.4 Å². The van der Waals surface area contributed by atoms with Gasteiger partial charge in [0, 0.05) is 21.2 Å². The summed E-state index contributed by atoms with van der Waals surface area (Å²) in [5.41, 5.74) is 4.90. The number of rotatable bonds is 4. The number of aromatic hydroxyl groups is 2. The predicted octanol–water partition coefficient (Wildman–Crippen LogP) is 10.6. The summed E-state index contributed by atoms with van der Waals surface area (Å²) in [7, 11) is 0. The first-order chi connectivity index (χ1) is 27.2. The average molecular weight is 729 g/mol. The lowest BCUT2D eigenvalue weighted by molar-refractivity contribution is 0.476. The Morgan fingerprint density at radius 3 is 1.09 bits per heavy atom. The van der Waals surface area contributed by atoms with Gasteiger partial charge in [0.1, 0.15) is 58.3 Å². The Balaban J connectivity index is 0.000000162. The molecule has 0 saturated carbocycles. The highest BCUT2D eigenvalue weighted by Gasteiger charge is 2.07. The summed E-state index contributed by atoms with van der Waals surface area (Å²) >= 11 is 0. The van der Waals surface area contributed by atoms with Crippen molar-refractivity contribution in [3.05, 3.63) is 167 Å². The highest BCUT2D eigenvalue weighted by atomic mass is 16.3. The monoisotopic (exact) mass is 728 g/mol. The third-order valence-electron chi connectivity index (χ3n) is 8.27. The van der Waals surface area contributed by atoms with E-state index in [9.17, 15) is 10.2 Å². The van der Waals surface area contributed by atoms with Crippen LogP contribution in [0, 0.1) is 59.2 Å². The van der Waals surface area contributed by atoms with Crippen molar-refractivity contribution >= 4 is 55.4 Å². The molecule has 0 saturated heterocycles. The fraction of sp³-hybridized carbons (Fsp3) is 0.0435. The van der Waals surface area contributed by atoms with E-state index in [2.05, 4.69) is 20.5 Å². The molecule has 0 aromatic heterocycles. The number of azo groups is 2. The topological polar surface area (TPSA) is 185 Å². The molecule has 0 bridgehead atoms. The van der Waals surface area contributed by atoms with Crippen LogP contribution in [-0.4, -0.2) is 10.2 Å². The number of phenolic OH excluding ortho intramolecular Hbond substituents is 2. The van der Waals surface area contributed by atoms with Gasteiger partial charge in [-0.1, -0.05) is 120 Å². The summed E-state index contributed by atoms with van der Waals surface area (Å²) < 4.78 is 0. The summed E-state index contributed by atoms with van der Waals surface area (Å²) in [6.45, 7) is 4.05. The van der Waals surface area contributed by atoms with Crippen LogP contribution in [0.25, 0.3) is 32.7 Å². The minimum absolute atomic E-state index is 0.00187. The predicted molar refractivity (Wildman–Crippen MR) is 217 cm³/mol. The number of aryl methyl sites for hydroxylation is 2. The van der Waals surface area contributed by atoms with Gasteiger partial charge in [0.05, 0.1) is 11.4 Å². The van der Waals surface area contributed by atoms with E-state index in [0.29, 0.717) is 21.8 Å². The number of benzene rings is 7. The summed E-state index contributed by atoms with van der Waals surface area (Å²) in [6.07, 6.45) is 0. The normalized spacial score (nSPS) is 10.2. The molecule has 268 valence electrons. The molecule has 0 aliphatic rings. The SMILES string of the molecule is Cc1ccc(N=Nc2c(O)ccc3ccccc23)cc1.Cc1ccc(N=Nc2c(O)ccc3ccccc23)cc1.N#CC(C#N)=c1ccc(=C(C#N)C#N)cc1. The van der Waals surface area contributed by atoms with Gasteiger partial charge in [-0.15, -0.1) is 10.2 Å². The zero-order valence-electron chi connectivity index (χ0n) is 30.3. The maximum atomic E-state index is 9.98. The number of hydrogen-bond donors (Lipinski definition) is 2. The number of phenols is 2. The molecule has 0 amide bonds. The molecule has 7 aromatic carbocycles. The van der Waals surface area contributed by atoms with Crippen molar-refractivity contribution < 1.29 is 10.2 Å². The van der Waals surface area contributed by atoms with E-state index in [1.165, 1.54) is 35.4 Å². The Hall–Kier alpha value is -8.44. The minimum atomic E-state index is 0.00187. The van der Waals surface area contributed by atoms with E-state index in [4.69, 9.17) is 21.0 Å². The van der Waals surface area contributed by atoms with Gasteiger partial charge >= 0.3 is 0 Å². The molecule has 0 heterocycles. The van der Waals surface area contributed by atoms with Gasteiger partial charge in [-0.05, 0) is 61.0 Å². The van der Waals surface area contributed by atoms with E-state index in [0.717, 1.165) is 32.9 Å². The van der Waals surface area contributed by atoms with Crippen molar-refractivity contribution in [1.82, 2.24) is 0 Å². The van der Waals surface area contributed by atoms with Crippen molar-refractivity contribution in [2.75, 3.05) is 0 Å². The van der Waals surface area contributed by atoms with Crippen LogP contribution in [0.15, 0.2) is 166 Å². The number of hydrogen-bond acceptors (Lipinski definition) is 10. The highest BCUT2D eigenvalue weighted by Crippen LogP contribution is 2.37. The molecule has 0 spiro atoms. The Bertz CT molecular complexity index is 2640. The maximum Gasteiger partial charge on any atom is 0.143 e. The van der Waals surface area contributed by atoms with Gasteiger partial charge in [-0.3, -0.25) is 0 Å². The van der Waals surface area contributed by atoms with Gasteiger partial charge in [0.2, 0.25) is 0 Å². The minimum Gasteiger partial charge on any atom is -0.506 e. The Kier molecular flexibility index (Phi) is 13.1. The number of nitrogens with zero attached hydrogens (tertiary/aromatic N) is 8. The standard InChI is InChI=1S/2C17H14N2O.C12H4N4/c2*1-12-6-9-14(10-7-12)18-19-17-15-5-3-2-4-13(15)8-11-16(17)20;13-5-11(6-14)9-1-2-10(4-3-9)12(7-15)8-16/h2*2-11,20H,1H3;1-4H. The second kappa shape index (κ2) is 18.9. The summed E-state index contributed by atoms with van der Waals surface area (Å²) in [5.74, 6) is 0.277. The summed E-state index contributed by atoms with van der Waals surface area (Å²) in [6, 6.07) is 51.4. The highest BCUT2D eigenvalue weighted by molar-refractivity contribution is 5.96. The quantitative estimate of drug-likeness (QED) is 0.170. The molecule has 0 aliphatic carbocycles. The van der Waals surface area contributed by atoms with E-state index in [1.807, 2.05) is 123 Å². The van der Waals surface area contributed by atoms with Crippen LogP contribution in [0.4, 0.5) is 22.7 Å². The first-order valence-corrected chi connectivity index (χ1v) is 17.1. The van der Waals surface area contributed by atoms with Crippen molar-refractivity contribution in [3.8, 4) is 35.8 Å². The Morgan fingerprint density at radius 1 is 0.411 bits per heavy atom. The van der Waals surface area contributed by atoms with Crippen LogP contribution >= 0.6 is 0 Å². The fourth-order valence-electron chi connectivity index (χ4n) is 5.25. The molecule has 0 radical (unpaired) electrons. The molecule has 2 N–H and O–H groups in total. The van der Waals surface area contributed by atoms with Crippen molar-refractivity contribution in [2.24, 2.45) is 20.5 Å². The number of nitriles is 4. The molecule has 10 nitrogen and oxygen atoms in total. The van der Waals surface area contributed by atoms with Crippen LogP contribution in [0.1, 0.15) is 11.1 Å². The zero-order chi connectivity index (χ0) is 39.9. The molecule has 7 rings (SSSR count). The third-order valence-corrected chi connectivity index (χ3v) is 8.27. The molecule has 0 fully saturated rings. The Labute approximate surface area is 323 Å². The zero-order valence-corrected chi connectivity index (χ0v) is 30.3. The smallest absolute Gasteiger partial charge is 0.143 e. The first-order valence-electron chi connectivity index (χ1n) is 17.1. The van der Waals surface area contributed by atoms with Crippen LogP contribution in [0.3, 0.4) is 0 Å². The molecule has 0 unspecified atom stereocenters.